The largest absolute Gasteiger partial charge is 0.384 e. The predicted octanol–water partition coefficient (Wildman–Crippen LogP) is 2.35. The summed E-state index contributed by atoms with van der Waals surface area (Å²) < 4.78 is 13.2. The first-order chi connectivity index (χ1) is 14.7. The van der Waals surface area contributed by atoms with Gasteiger partial charge in [0.05, 0.1) is 11.6 Å². The number of nitrogen functional groups attached to an aromatic ring is 1. The Labute approximate surface area is 187 Å². The lowest BCUT2D eigenvalue weighted by Gasteiger charge is -2.16. The first-order valence-corrected chi connectivity index (χ1v) is 10.5. The monoisotopic (exact) mass is 449 g/mol. The van der Waals surface area contributed by atoms with Crippen LogP contribution < -0.4 is 21.7 Å². The van der Waals surface area contributed by atoms with E-state index >= 15 is 0 Å². The number of nitrogens with one attached hydrogen (secondary N) is 3. The molecule has 0 spiro atoms. The first-order valence-electron chi connectivity index (χ1n) is 10.1. The van der Waals surface area contributed by atoms with Crippen LogP contribution in [0.4, 0.5) is 10.2 Å². The molecule has 0 aliphatic heterocycles. The van der Waals surface area contributed by atoms with Crippen LogP contribution >= 0.6 is 11.6 Å². The zero-order chi connectivity index (χ0) is 23.0. The lowest BCUT2D eigenvalue weighted by molar-refractivity contribution is -0.128. The van der Waals surface area contributed by atoms with Crippen molar-refractivity contribution in [3.63, 3.8) is 0 Å². The number of amides is 2. The molecule has 168 valence electrons. The molecule has 5 N–H and O–H groups in total. The van der Waals surface area contributed by atoms with Gasteiger partial charge in [-0.15, -0.1) is 0 Å². The molecule has 0 unspecified atom stereocenters. The van der Waals surface area contributed by atoms with Gasteiger partial charge in [-0.3, -0.25) is 9.59 Å². The molecule has 2 amide bonds. The number of halogens is 2. The second-order valence-electron chi connectivity index (χ2n) is 7.68. The van der Waals surface area contributed by atoms with Gasteiger partial charge in [0.25, 0.3) is 0 Å². The molecule has 0 radical (unpaired) electrons. The fourth-order valence-electron chi connectivity index (χ4n) is 3.06. The van der Waals surface area contributed by atoms with Gasteiger partial charge in [0, 0.05) is 12.2 Å². The van der Waals surface area contributed by atoms with Crippen LogP contribution in [0.1, 0.15) is 30.7 Å². The first kappa shape index (κ1) is 24.6. The third-order valence-corrected chi connectivity index (χ3v) is 5.08. The van der Waals surface area contributed by atoms with Crippen molar-refractivity contribution in [3.8, 4) is 0 Å². The summed E-state index contributed by atoms with van der Waals surface area (Å²) in [6.45, 7) is 6.45. The van der Waals surface area contributed by atoms with Crippen molar-refractivity contribution in [1.82, 2.24) is 20.9 Å². The number of carbonyl (C=O) groups is 2. The van der Waals surface area contributed by atoms with Gasteiger partial charge in [0.1, 0.15) is 17.7 Å². The Hall–Kier alpha value is -2.71. The second-order valence-corrected chi connectivity index (χ2v) is 8.08. The summed E-state index contributed by atoms with van der Waals surface area (Å²) >= 11 is 5.80. The minimum atomic E-state index is -0.671. The molecule has 31 heavy (non-hydrogen) atoms. The molecule has 1 heterocycles. The molecule has 1 aromatic heterocycles. The number of pyridine rings is 1. The molecule has 0 saturated heterocycles. The van der Waals surface area contributed by atoms with E-state index in [4.69, 9.17) is 17.3 Å². The van der Waals surface area contributed by atoms with Crippen molar-refractivity contribution in [2.75, 3.05) is 18.8 Å². The lowest BCUT2D eigenvalue weighted by atomic mass is 10.0. The summed E-state index contributed by atoms with van der Waals surface area (Å²) in [5.41, 5.74) is 8.17. The quantitative estimate of drug-likeness (QED) is 0.445. The highest BCUT2D eigenvalue weighted by atomic mass is 35.5. The van der Waals surface area contributed by atoms with Crippen molar-refractivity contribution in [2.24, 2.45) is 5.92 Å². The molecule has 0 fully saturated rings. The van der Waals surface area contributed by atoms with Crippen LogP contribution in [0.3, 0.4) is 0 Å². The molecule has 7 nitrogen and oxygen atoms in total. The Kier molecular flexibility index (Phi) is 9.21. The maximum absolute atomic E-state index is 13.2. The van der Waals surface area contributed by atoms with Crippen LogP contribution in [0.15, 0.2) is 30.3 Å². The van der Waals surface area contributed by atoms with Crippen molar-refractivity contribution in [1.29, 1.82) is 0 Å². The van der Waals surface area contributed by atoms with Crippen LogP contribution in [-0.4, -0.2) is 35.9 Å². The SMILES string of the molecule is Cc1nc(N)ccc1CNC(=O)[C@H](C)NC(=O)CNC[C@H](C)Cc1ccc(F)c(Cl)c1. The summed E-state index contributed by atoms with van der Waals surface area (Å²) in [4.78, 5) is 28.5. The Bertz CT molecular complexity index is 925. The van der Waals surface area contributed by atoms with Crippen molar-refractivity contribution in [3.05, 3.63) is 58.0 Å². The maximum atomic E-state index is 13.2. The molecule has 0 aliphatic rings. The highest BCUT2D eigenvalue weighted by Gasteiger charge is 2.16. The van der Waals surface area contributed by atoms with Gasteiger partial charge in [-0.1, -0.05) is 30.7 Å². The number of hydrogen-bond donors (Lipinski definition) is 4. The van der Waals surface area contributed by atoms with Crippen LogP contribution in [0, 0.1) is 18.7 Å². The van der Waals surface area contributed by atoms with Crippen molar-refractivity contribution >= 4 is 29.2 Å². The number of nitrogens with zero attached hydrogens (tertiary/aromatic N) is 1. The predicted molar refractivity (Wildman–Crippen MR) is 120 cm³/mol. The molecule has 1 aromatic carbocycles. The van der Waals surface area contributed by atoms with E-state index in [-0.39, 0.29) is 29.3 Å². The summed E-state index contributed by atoms with van der Waals surface area (Å²) in [5.74, 6) is -0.356. The number of aromatic nitrogens is 1. The standard InChI is InChI=1S/C22H29ClFN5O2/c1-13(8-16-4-6-19(24)18(23)9-16)10-26-12-21(30)29-15(3)22(31)27-11-17-5-7-20(25)28-14(17)2/h4-7,9,13,15,26H,8,10-12H2,1-3H3,(H2,25,28)(H,27,31)(H,29,30)/t13-,15+/m1/s1. The molecule has 0 aliphatic carbocycles. The molecule has 0 bridgehead atoms. The number of nitrogens with two attached hydrogens (primary N) is 1. The van der Waals surface area contributed by atoms with E-state index in [1.165, 1.54) is 6.07 Å². The molecule has 2 atom stereocenters. The minimum absolute atomic E-state index is 0.0904. The van der Waals surface area contributed by atoms with Gasteiger partial charge >= 0.3 is 0 Å². The van der Waals surface area contributed by atoms with E-state index in [1.54, 1.807) is 25.1 Å². The fraction of sp³-hybridized carbons (Fsp3) is 0.409. The number of hydrogen-bond acceptors (Lipinski definition) is 5. The summed E-state index contributed by atoms with van der Waals surface area (Å²) in [7, 11) is 0. The third kappa shape index (κ3) is 8.15. The van der Waals surface area contributed by atoms with E-state index in [2.05, 4.69) is 20.9 Å². The zero-order valence-electron chi connectivity index (χ0n) is 18.0. The summed E-state index contributed by atoms with van der Waals surface area (Å²) in [6, 6.07) is 7.48. The van der Waals surface area contributed by atoms with Gasteiger partial charge in [-0.2, -0.15) is 0 Å². The smallest absolute Gasteiger partial charge is 0.242 e. The summed E-state index contributed by atoms with van der Waals surface area (Å²) in [5, 5.41) is 8.63. The van der Waals surface area contributed by atoms with Crippen molar-refractivity contribution in [2.45, 2.75) is 39.8 Å². The molecular formula is C22H29ClFN5O2. The Morgan fingerprint density at radius 2 is 1.97 bits per heavy atom. The van der Waals surface area contributed by atoms with E-state index in [0.717, 1.165) is 16.8 Å². The van der Waals surface area contributed by atoms with Crippen LogP contribution in [-0.2, 0) is 22.6 Å². The normalized spacial score (nSPS) is 12.8. The topological polar surface area (TPSA) is 109 Å². The van der Waals surface area contributed by atoms with Gasteiger partial charge in [0.15, 0.2) is 0 Å². The van der Waals surface area contributed by atoms with E-state index in [9.17, 15) is 14.0 Å². The minimum Gasteiger partial charge on any atom is -0.384 e. The number of anilines is 1. The lowest BCUT2D eigenvalue weighted by Crippen LogP contribution is -2.47. The number of aryl methyl sites for hydroxylation is 1. The van der Waals surface area contributed by atoms with E-state index in [1.807, 2.05) is 19.9 Å². The zero-order valence-corrected chi connectivity index (χ0v) is 18.7. The van der Waals surface area contributed by atoms with Gasteiger partial charge in [-0.05, 0) is 62.1 Å². The second kappa shape index (κ2) is 11.6. The molecular weight excluding hydrogens is 421 g/mol. The van der Waals surface area contributed by atoms with E-state index < -0.39 is 11.9 Å². The molecule has 0 saturated carbocycles. The molecule has 2 aromatic rings. The highest BCUT2D eigenvalue weighted by Crippen LogP contribution is 2.18. The fourth-order valence-corrected chi connectivity index (χ4v) is 3.27. The third-order valence-electron chi connectivity index (χ3n) is 4.79. The highest BCUT2D eigenvalue weighted by molar-refractivity contribution is 6.30. The summed E-state index contributed by atoms with van der Waals surface area (Å²) in [6.07, 6.45) is 0.701. The average molecular weight is 450 g/mol. The molecule has 9 heteroatoms. The average Bonchev–Trinajstić information content (AvgIpc) is 2.69. The number of carbonyl (C=O) groups excluding carboxylic acids is 2. The van der Waals surface area contributed by atoms with Gasteiger partial charge < -0.3 is 21.7 Å². The van der Waals surface area contributed by atoms with Crippen molar-refractivity contribution < 1.29 is 14.0 Å². The van der Waals surface area contributed by atoms with Gasteiger partial charge in [-0.25, -0.2) is 9.37 Å². The Balaban J connectivity index is 1.68. The van der Waals surface area contributed by atoms with Crippen LogP contribution in [0.5, 0.6) is 0 Å². The Morgan fingerprint density at radius 3 is 2.65 bits per heavy atom. The molecule has 2 rings (SSSR count). The Morgan fingerprint density at radius 1 is 1.23 bits per heavy atom. The number of rotatable bonds is 10. The van der Waals surface area contributed by atoms with Gasteiger partial charge in [0.2, 0.25) is 11.8 Å². The van der Waals surface area contributed by atoms with E-state index in [0.29, 0.717) is 25.3 Å². The van der Waals surface area contributed by atoms with Crippen LogP contribution in [0.25, 0.3) is 0 Å². The maximum Gasteiger partial charge on any atom is 0.242 e. The number of benzene rings is 1. The van der Waals surface area contributed by atoms with Crippen LogP contribution in [0.2, 0.25) is 5.02 Å².